The van der Waals surface area contributed by atoms with Crippen molar-refractivity contribution in [3.63, 3.8) is 0 Å². The van der Waals surface area contributed by atoms with Gasteiger partial charge in [-0.2, -0.15) is 0 Å². The van der Waals surface area contributed by atoms with E-state index in [0.717, 1.165) is 16.9 Å². The molecule has 3 aromatic carbocycles. The average molecular weight is 479 g/mol. The number of ketones is 1. The van der Waals surface area contributed by atoms with Gasteiger partial charge in [0.05, 0.1) is 19.3 Å². The molecule has 0 aliphatic carbocycles. The molecule has 6 nitrogen and oxygen atoms in total. The van der Waals surface area contributed by atoms with Gasteiger partial charge in [-0.1, -0.05) is 42.5 Å². The SMILES string of the molecule is COc1cccc(CNC[C@H](O)[C@H](Cc2ccccc2)NC(=O)CCC(=O)c2ccc(F)cc2)c1. The average Bonchev–Trinajstić information content (AvgIpc) is 2.88. The Morgan fingerprint density at radius 1 is 0.943 bits per heavy atom. The minimum atomic E-state index is -0.849. The highest BCUT2D eigenvalue weighted by molar-refractivity contribution is 5.97. The predicted octanol–water partition coefficient (Wildman–Crippen LogP) is 3.68. The number of hydrogen-bond acceptors (Lipinski definition) is 5. The Bertz CT molecular complexity index is 1090. The van der Waals surface area contributed by atoms with Crippen LogP contribution in [-0.2, 0) is 17.8 Å². The van der Waals surface area contributed by atoms with Crippen LogP contribution in [0, 0.1) is 5.82 Å². The van der Waals surface area contributed by atoms with Gasteiger partial charge in [0.1, 0.15) is 11.6 Å². The molecule has 0 unspecified atom stereocenters. The molecule has 1 amide bonds. The van der Waals surface area contributed by atoms with E-state index in [-0.39, 0.29) is 31.1 Å². The molecule has 35 heavy (non-hydrogen) atoms. The molecule has 0 aromatic heterocycles. The standard InChI is InChI=1S/C28H31FN2O4/c1-35-24-9-5-8-21(16-24)18-30-19-27(33)25(17-20-6-3-2-4-7-20)31-28(34)15-14-26(32)22-10-12-23(29)13-11-22/h2-13,16,25,27,30,33H,14-15,17-19H2,1H3,(H,31,34)/t25-,27-/m0/s1. The topological polar surface area (TPSA) is 87.7 Å². The fourth-order valence-electron chi connectivity index (χ4n) is 3.73. The summed E-state index contributed by atoms with van der Waals surface area (Å²) in [5.41, 5.74) is 2.35. The van der Waals surface area contributed by atoms with Gasteiger partial charge in [0.25, 0.3) is 0 Å². The number of aliphatic hydroxyl groups is 1. The summed E-state index contributed by atoms with van der Waals surface area (Å²) < 4.78 is 18.3. The van der Waals surface area contributed by atoms with Crippen molar-refractivity contribution in [3.05, 3.63) is 101 Å². The molecular formula is C28H31FN2O4. The molecule has 0 heterocycles. The van der Waals surface area contributed by atoms with E-state index >= 15 is 0 Å². The highest BCUT2D eigenvalue weighted by Crippen LogP contribution is 2.13. The fraction of sp³-hybridized carbons (Fsp3) is 0.286. The first-order valence-electron chi connectivity index (χ1n) is 11.6. The zero-order valence-corrected chi connectivity index (χ0v) is 19.7. The number of rotatable bonds is 13. The third-order valence-electron chi connectivity index (χ3n) is 5.67. The van der Waals surface area contributed by atoms with Gasteiger partial charge in [0, 0.05) is 31.5 Å². The first kappa shape index (κ1) is 26.1. The van der Waals surface area contributed by atoms with Gasteiger partial charge in [0.15, 0.2) is 5.78 Å². The van der Waals surface area contributed by atoms with E-state index in [1.807, 2.05) is 54.6 Å². The number of hydrogen-bond donors (Lipinski definition) is 3. The molecule has 3 rings (SSSR count). The van der Waals surface area contributed by atoms with Crippen LogP contribution in [-0.4, -0.2) is 42.6 Å². The molecule has 2 atom stereocenters. The molecule has 184 valence electrons. The lowest BCUT2D eigenvalue weighted by Gasteiger charge is -2.25. The molecule has 0 radical (unpaired) electrons. The summed E-state index contributed by atoms with van der Waals surface area (Å²) in [6.45, 7) is 0.802. The van der Waals surface area contributed by atoms with Crippen molar-refractivity contribution in [2.45, 2.75) is 38.0 Å². The lowest BCUT2D eigenvalue weighted by Crippen LogP contribution is -2.48. The monoisotopic (exact) mass is 478 g/mol. The van der Waals surface area contributed by atoms with Crippen molar-refractivity contribution in [1.82, 2.24) is 10.6 Å². The van der Waals surface area contributed by atoms with E-state index < -0.39 is 18.0 Å². The minimum absolute atomic E-state index is 0.000290. The maximum absolute atomic E-state index is 13.1. The maximum atomic E-state index is 13.1. The minimum Gasteiger partial charge on any atom is -0.497 e. The molecule has 0 aliphatic heterocycles. The molecule has 0 saturated heterocycles. The van der Waals surface area contributed by atoms with E-state index in [4.69, 9.17) is 4.74 Å². The van der Waals surface area contributed by atoms with Crippen LogP contribution in [0.2, 0.25) is 0 Å². The van der Waals surface area contributed by atoms with Crippen LogP contribution in [0.15, 0.2) is 78.9 Å². The smallest absolute Gasteiger partial charge is 0.220 e. The third kappa shape index (κ3) is 8.63. The summed E-state index contributed by atoms with van der Waals surface area (Å²) in [4.78, 5) is 25.0. The maximum Gasteiger partial charge on any atom is 0.220 e. The number of carbonyl (C=O) groups is 2. The summed E-state index contributed by atoms with van der Waals surface area (Å²) in [6, 6.07) is 22.0. The van der Waals surface area contributed by atoms with Gasteiger partial charge in [-0.25, -0.2) is 4.39 Å². The van der Waals surface area contributed by atoms with Crippen LogP contribution in [0.1, 0.15) is 34.3 Å². The van der Waals surface area contributed by atoms with E-state index in [1.54, 1.807) is 7.11 Å². The normalized spacial score (nSPS) is 12.5. The summed E-state index contributed by atoms with van der Waals surface area (Å²) in [5, 5.41) is 17.0. The van der Waals surface area contributed by atoms with Gasteiger partial charge in [-0.05, 0) is 53.9 Å². The second-order valence-corrected chi connectivity index (χ2v) is 8.34. The molecule has 3 N–H and O–H groups in total. The number of methoxy groups -OCH3 is 1. The largest absolute Gasteiger partial charge is 0.497 e. The molecule has 0 aliphatic rings. The summed E-state index contributed by atoms with van der Waals surface area (Å²) >= 11 is 0. The van der Waals surface area contributed by atoms with Gasteiger partial charge in [-0.3, -0.25) is 9.59 Å². The Morgan fingerprint density at radius 2 is 1.66 bits per heavy atom. The zero-order chi connectivity index (χ0) is 25.0. The quantitative estimate of drug-likeness (QED) is 0.326. The van der Waals surface area contributed by atoms with Crippen molar-refractivity contribution < 1.29 is 23.8 Å². The van der Waals surface area contributed by atoms with Gasteiger partial charge in [-0.15, -0.1) is 0 Å². The highest BCUT2D eigenvalue weighted by atomic mass is 19.1. The van der Waals surface area contributed by atoms with Gasteiger partial charge >= 0.3 is 0 Å². The lowest BCUT2D eigenvalue weighted by atomic mass is 10.00. The van der Waals surface area contributed by atoms with E-state index in [0.29, 0.717) is 18.5 Å². The van der Waals surface area contributed by atoms with Crippen molar-refractivity contribution in [2.24, 2.45) is 0 Å². The van der Waals surface area contributed by atoms with E-state index in [2.05, 4.69) is 10.6 Å². The lowest BCUT2D eigenvalue weighted by molar-refractivity contribution is -0.122. The van der Waals surface area contributed by atoms with Crippen molar-refractivity contribution in [1.29, 1.82) is 0 Å². The number of Topliss-reactive ketones (excluding diaryl/α,β-unsaturated/α-hetero) is 1. The van der Waals surface area contributed by atoms with Crippen LogP contribution < -0.4 is 15.4 Å². The van der Waals surface area contributed by atoms with Crippen LogP contribution in [0.25, 0.3) is 0 Å². The molecule has 0 bridgehead atoms. The number of carbonyl (C=O) groups excluding carboxylic acids is 2. The molecule has 3 aromatic rings. The van der Waals surface area contributed by atoms with Crippen LogP contribution in [0.5, 0.6) is 5.75 Å². The summed E-state index contributed by atoms with van der Waals surface area (Å²) in [6.07, 6.45) is -0.427. The number of halogens is 1. The Labute approximate surface area is 205 Å². The molecular weight excluding hydrogens is 447 g/mol. The third-order valence-corrected chi connectivity index (χ3v) is 5.67. The Hall–Kier alpha value is -3.55. The second kappa shape index (κ2) is 13.4. The zero-order valence-electron chi connectivity index (χ0n) is 19.7. The Morgan fingerprint density at radius 3 is 2.37 bits per heavy atom. The first-order chi connectivity index (χ1) is 16.9. The predicted molar refractivity (Wildman–Crippen MR) is 133 cm³/mol. The van der Waals surface area contributed by atoms with Crippen molar-refractivity contribution in [2.75, 3.05) is 13.7 Å². The second-order valence-electron chi connectivity index (χ2n) is 8.34. The molecule has 0 spiro atoms. The number of amides is 1. The first-order valence-corrected chi connectivity index (χ1v) is 11.6. The van der Waals surface area contributed by atoms with Crippen LogP contribution in [0.3, 0.4) is 0 Å². The molecule has 0 saturated carbocycles. The Balaban J connectivity index is 1.56. The van der Waals surface area contributed by atoms with Crippen molar-refractivity contribution >= 4 is 11.7 Å². The van der Waals surface area contributed by atoms with E-state index in [1.165, 1.54) is 24.3 Å². The number of aliphatic hydroxyl groups excluding tert-OH is 1. The summed E-state index contributed by atoms with van der Waals surface area (Å²) in [5.74, 6) is -0.222. The summed E-state index contributed by atoms with van der Waals surface area (Å²) in [7, 11) is 1.61. The number of ether oxygens (including phenoxy) is 1. The Kier molecular flexibility index (Phi) is 9.95. The molecule has 0 fully saturated rings. The van der Waals surface area contributed by atoms with Crippen LogP contribution >= 0.6 is 0 Å². The van der Waals surface area contributed by atoms with E-state index in [9.17, 15) is 19.1 Å². The molecule has 7 heteroatoms. The van der Waals surface area contributed by atoms with Gasteiger partial charge in [0.2, 0.25) is 5.91 Å². The van der Waals surface area contributed by atoms with Crippen molar-refractivity contribution in [3.8, 4) is 5.75 Å². The van der Waals surface area contributed by atoms with Gasteiger partial charge < -0.3 is 20.5 Å². The van der Waals surface area contributed by atoms with Crippen LogP contribution in [0.4, 0.5) is 4.39 Å². The highest BCUT2D eigenvalue weighted by Gasteiger charge is 2.22. The number of nitrogens with one attached hydrogen (secondary N) is 2. The fourth-order valence-corrected chi connectivity index (χ4v) is 3.73. The number of benzene rings is 3.